The molecular formula is C22H29N5O3S. The lowest BCUT2D eigenvalue weighted by molar-refractivity contribution is -0.384. The number of nitrogens with one attached hydrogen (secondary N) is 1. The number of nitrogens with two attached hydrogens (primary N) is 1. The van der Waals surface area contributed by atoms with Crippen LogP contribution in [0.15, 0.2) is 36.5 Å². The van der Waals surface area contributed by atoms with Gasteiger partial charge in [-0.1, -0.05) is 24.3 Å². The van der Waals surface area contributed by atoms with Crippen LogP contribution in [-0.4, -0.2) is 32.0 Å². The first-order valence-corrected chi connectivity index (χ1v) is 11.7. The summed E-state index contributed by atoms with van der Waals surface area (Å²) >= 11 is 0. The molecule has 1 saturated heterocycles. The van der Waals surface area contributed by atoms with E-state index in [-0.39, 0.29) is 27.6 Å². The lowest BCUT2D eigenvalue weighted by Crippen LogP contribution is -2.48. The van der Waals surface area contributed by atoms with E-state index in [0.717, 1.165) is 32.4 Å². The summed E-state index contributed by atoms with van der Waals surface area (Å²) in [4.78, 5) is 16.9. The van der Waals surface area contributed by atoms with E-state index in [9.17, 15) is 14.3 Å². The van der Waals surface area contributed by atoms with E-state index in [1.54, 1.807) is 6.07 Å². The molecule has 2 aromatic rings. The molecule has 1 aromatic heterocycles. The molecule has 4 rings (SSSR count). The quantitative estimate of drug-likeness (QED) is 0.552. The van der Waals surface area contributed by atoms with Crippen molar-refractivity contribution in [3.05, 3.63) is 57.8 Å². The number of hydrogen-bond donors (Lipinski definition) is 2. The van der Waals surface area contributed by atoms with Crippen LogP contribution in [0.5, 0.6) is 0 Å². The average molecular weight is 444 g/mol. The van der Waals surface area contributed by atoms with E-state index in [1.807, 2.05) is 26.8 Å². The van der Waals surface area contributed by atoms with Crippen molar-refractivity contribution in [2.45, 2.75) is 50.8 Å². The Morgan fingerprint density at radius 1 is 1.29 bits per heavy atom. The second-order valence-corrected chi connectivity index (χ2v) is 11.5. The van der Waals surface area contributed by atoms with Crippen molar-refractivity contribution >= 4 is 28.2 Å². The van der Waals surface area contributed by atoms with Crippen LogP contribution in [0.25, 0.3) is 0 Å². The summed E-state index contributed by atoms with van der Waals surface area (Å²) in [5.41, 5.74) is 8.37. The highest BCUT2D eigenvalue weighted by atomic mass is 32.2. The van der Waals surface area contributed by atoms with Crippen molar-refractivity contribution < 1.29 is 9.13 Å². The van der Waals surface area contributed by atoms with Gasteiger partial charge in [0.05, 0.1) is 26.7 Å². The molecule has 0 radical (unpaired) electrons. The molecule has 1 aliphatic carbocycles. The molecule has 31 heavy (non-hydrogen) atoms. The monoisotopic (exact) mass is 443 g/mol. The number of rotatable bonds is 4. The van der Waals surface area contributed by atoms with Gasteiger partial charge in [-0.15, -0.1) is 0 Å². The van der Waals surface area contributed by atoms with Crippen LogP contribution in [0, 0.1) is 15.5 Å². The molecule has 3 N–H and O–H groups in total. The van der Waals surface area contributed by atoms with E-state index in [0.29, 0.717) is 5.82 Å². The minimum absolute atomic E-state index is 0.0204. The molecule has 1 spiro atoms. The zero-order valence-corrected chi connectivity index (χ0v) is 18.9. The van der Waals surface area contributed by atoms with Gasteiger partial charge in [0.2, 0.25) is 0 Å². The van der Waals surface area contributed by atoms with Crippen LogP contribution in [0.3, 0.4) is 0 Å². The van der Waals surface area contributed by atoms with Crippen molar-refractivity contribution in [2.24, 2.45) is 5.41 Å². The Hall–Kier alpha value is -2.52. The number of pyridine rings is 1. The first-order chi connectivity index (χ1) is 14.6. The number of benzene rings is 1. The Morgan fingerprint density at radius 2 is 1.97 bits per heavy atom. The van der Waals surface area contributed by atoms with Gasteiger partial charge in [-0.2, -0.15) is 0 Å². The molecule has 1 aromatic carbocycles. The second kappa shape index (κ2) is 7.87. The topological polar surface area (TPSA) is 114 Å². The predicted octanol–water partition coefficient (Wildman–Crippen LogP) is 3.51. The highest BCUT2D eigenvalue weighted by molar-refractivity contribution is 7.84. The number of aromatic nitrogens is 1. The standard InChI is InChI=1S/C22H29N5O3S/c1-21(2,3)31(30)25-20-16-7-5-4-6-15(16)13-22(20)8-10-26(11-9-22)19-12-17(23)18(14-24-19)27(28)29/h4-7,12,14,20,25H,8-11,13H2,1-3H3,(H2,23,24)/t20-,31?/m1/s1. The number of fused-ring (bicyclic) bond motifs is 1. The Balaban J connectivity index is 1.56. The van der Waals surface area contributed by atoms with Crippen molar-refractivity contribution in [2.75, 3.05) is 23.7 Å². The first kappa shape index (κ1) is 21.7. The second-order valence-electron chi connectivity index (χ2n) is 9.52. The number of nitro groups is 1. The Morgan fingerprint density at radius 3 is 2.58 bits per heavy atom. The summed E-state index contributed by atoms with van der Waals surface area (Å²) < 4.78 is 16.1. The molecule has 2 heterocycles. The molecular weight excluding hydrogens is 414 g/mol. The van der Waals surface area contributed by atoms with Crippen molar-refractivity contribution in [1.82, 2.24) is 9.71 Å². The molecule has 0 bridgehead atoms. The fourth-order valence-electron chi connectivity index (χ4n) is 4.68. The first-order valence-electron chi connectivity index (χ1n) is 10.5. The van der Waals surface area contributed by atoms with Crippen molar-refractivity contribution in [1.29, 1.82) is 0 Å². The van der Waals surface area contributed by atoms with E-state index in [2.05, 4.69) is 32.8 Å². The van der Waals surface area contributed by atoms with Gasteiger partial charge in [0.1, 0.15) is 17.7 Å². The van der Waals surface area contributed by atoms with Gasteiger partial charge in [0, 0.05) is 19.2 Å². The van der Waals surface area contributed by atoms with Gasteiger partial charge < -0.3 is 10.6 Å². The average Bonchev–Trinajstić information content (AvgIpc) is 3.00. The summed E-state index contributed by atoms with van der Waals surface area (Å²) in [6.45, 7) is 7.47. The smallest absolute Gasteiger partial charge is 0.310 e. The minimum Gasteiger partial charge on any atom is -0.393 e. The van der Waals surface area contributed by atoms with Crippen LogP contribution >= 0.6 is 0 Å². The van der Waals surface area contributed by atoms with E-state index < -0.39 is 15.9 Å². The molecule has 2 atom stereocenters. The SMILES string of the molecule is CC(C)(C)S(=O)N[C@@H]1c2ccccc2CC12CCN(c1cc(N)c([N+](=O)[O-])cn1)CC2. The van der Waals surface area contributed by atoms with E-state index in [1.165, 1.54) is 17.3 Å². The summed E-state index contributed by atoms with van der Waals surface area (Å²) in [5, 5.41) is 11.0. The maximum Gasteiger partial charge on any atom is 0.310 e. The molecule has 1 aliphatic heterocycles. The maximum atomic E-state index is 13.0. The van der Waals surface area contributed by atoms with Crippen LogP contribution in [0.1, 0.15) is 50.8 Å². The molecule has 8 nitrogen and oxygen atoms in total. The number of nitrogens with zero attached hydrogens (tertiary/aromatic N) is 3. The number of anilines is 2. The minimum atomic E-state index is -1.17. The molecule has 9 heteroatoms. The third kappa shape index (κ3) is 4.04. The number of piperidine rings is 1. The highest BCUT2D eigenvalue weighted by Gasteiger charge is 2.48. The van der Waals surface area contributed by atoms with Crippen molar-refractivity contribution in [3.63, 3.8) is 0 Å². The zero-order chi connectivity index (χ0) is 22.4. The summed E-state index contributed by atoms with van der Waals surface area (Å²) in [5.74, 6) is 0.663. The van der Waals surface area contributed by atoms with Gasteiger partial charge in [-0.3, -0.25) is 10.1 Å². The lowest BCUT2D eigenvalue weighted by atomic mass is 9.73. The highest BCUT2D eigenvalue weighted by Crippen LogP contribution is 2.52. The fourth-order valence-corrected chi connectivity index (χ4v) is 5.63. The third-order valence-electron chi connectivity index (χ3n) is 6.48. The molecule has 166 valence electrons. The molecule has 2 aliphatic rings. The van der Waals surface area contributed by atoms with Crippen LogP contribution in [-0.2, 0) is 17.4 Å². The largest absolute Gasteiger partial charge is 0.393 e. The van der Waals surface area contributed by atoms with E-state index in [4.69, 9.17) is 5.73 Å². The van der Waals surface area contributed by atoms with Crippen LogP contribution in [0.2, 0.25) is 0 Å². The van der Waals surface area contributed by atoms with Crippen molar-refractivity contribution in [3.8, 4) is 0 Å². The molecule has 1 unspecified atom stereocenters. The maximum absolute atomic E-state index is 13.0. The van der Waals surface area contributed by atoms with Gasteiger partial charge in [-0.05, 0) is 56.6 Å². The Kier molecular flexibility index (Phi) is 5.51. The summed E-state index contributed by atoms with van der Waals surface area (Å²) in [6.07, 6.45) is 3.99. The molecule has 0 saturated carbocycles. The number of nitrogen functional groups attached to an aromatic ring is 1. The lowest BCUT2D eigenvalue weighted by Gasteiger charge is -2.44. The van der Waals surface area contributed by atoms with Gasteiger partial charge in [-0.25, -0.2) is 13.9 Å². The molecule has 0 amide bonds. The Labute approximate surface area is 185 Å². The molecule has 1 fully saturated rings. The van der Waals surface area contributed by atoms with E-state index >= 15 is 0 Å². The van der Waals surface area contributed by atoms with Crippen LogP contribution < -0.4 is 15.4 Å². The third-order valence-corrected chi connectivity index (χ3v) is 8.04. The number of hydrogen-bond acceptors (Lipinski definition) is 6. The normalized spacial score (nSPS) is 21.1. The summed E-state index contributed by atoms with van der Waals surface area (Å²) in [6, 6.07) is 10.0. The Bertz CT molecular complexity index is 1030. The summed E-state index contributed by atoms with van der Waals surface area (Å²) in [7, 11) is -1.17. The predicted molar refractivity (Wildman–Crippen MR) is 123 cm³/mol. The fraction of sp³-hybridized carbons (Fsp3) is 0.500. The zero-order valence-electron chi connectivity index (χ0n) is 18.1. The van der Waals surface area contributed by atoms with Crippen LogP contribution in [0.4, 0.5) is 17.2 Å². The van der Waals surface area contributed by atoms with Gasteiger partial charge in [0.15, 0.2) is 0 Å². The van der Waals surface area contributed by atoms with Gasteiger partial charge >= 0.3 is 5.69 Å². The van der Waals surface area contributed by atoms with Gasteiger partial charge in [0.25, 0.3) is 0 Å².